The average Bonchev–Trinajstić information content (AvgIpc) is 2.24. The molecule has 5 nitrogen and oxygen atoms in total. The van der Waals surface area contributed by atoms with Crippen LogP contribution in [-0.4, -0.2) is 31.6 Å². The highest BCUT2D eigenvalue weighted by Crippen LogP contribution is 2.04. The summed E-state index contributed by atoms with van der Waals surface area (Å²) >= 11 is 0. The molecule has 0 aliphatic carbocycles. The van der Waals surface area contributed by atoms with Gasteiger partial charge in [-0.3, -0.25) is 4.79 Å². The molecule has 0 heterocycles. The minimum absolute atomic E-state index is 0.183. The van der Waals surface area contributed by atoms with Crippen LogP contribution in [0.25, 0.3) is 0 Å². The highest BCUT2D eigenvalue weighted by Gasteiger charge is 2.21. The first-order valence-electron chi connectivity index (χ1n) is 5.15. The maximum Gasteiger partial charge on any atom is 0.328 e. The molecule has 0 aromatic rings. The van der Waals surface area contributed by atoms with Gasteiger partial charge in [0.2, 0.25) is 5.91 Å². The summed E-state index contributed by atoms with van der Waals surface area (Å²) in [5, 5.41) is 2.57. The van der Waals surface area contributed by atoms with Crippen molar-refractivity contribution in [2.75, 3.05) is 13.7 Å². The third-order valence-electron chi connectivity index (χ3n) is 2.21. The Labute approximate surface area is 90.4 Å². The molecule has 0 bridgehead atoms. The van der Waals surface area contributed by atoms with Crippen LogP contribution in [0.4, 0.5) is 0 Å². The Morgan fingerprint density at radius 3 is 2.47 bits per heavy atom. The summed E-state index contributed by atoms with van der Waals surface area (Å²) < 4.78 is 4.50. The Morgan fingerprint density at radius 1 is 1.47 bits per heavy atom. The van der Waals surface area contributed by atoms with Crippen molar-refractivity contribution in [3.8, 4) is 0 Å². The molecule has 0 spiro atoms. The quantitative estimate of drug-likeness (QED) is 0.614. The topological polar surface area (TPSA) is 81.4 Å². The molecule has 0 saturated heterocycles. The number of amides is 1. The largest absolute Gasteiger partial charge is 0.467 e. The standard InChI is InChI=1S/C10H20N2O3/c1-4-5-8(6-11)9(13)12-7(2)10(14)15-3/h7-8H,4-6,11H2,1-3H3,(H,12,13). The Bertz CT molecular complexity index is 219. The SMILES string of the molecule is CCCC(CN)C(=O)NC(C)C(=O)OC. The molecule has 0 rings (SSSR count). The number of rotatable bonds is 6. The van der Waals surface area contributed by atoms with Crippen molar-refractivity contribution in [1.29, 1.82) is 0 Å². The highest BCUT2D eigenvalue weighted by atomic mass is 16.5. The molecule has 15 heavy (non-hydrogen) atoms. The first-order valence-corrected chi connectivity index (χ1v) is 5.15. The van der Waals surface area contributed by atoms with Gasteiger partial charge in [0, 0.05) is 6.54 Å². The summed E-state index contributed by atoms with van der Waals surface area (Å²) in [6, 6.07) is -0.617. The number of nitrogens with one attached hydrogen (secondary N) is 1. The molecule has 2 atom stereocenters. The molecule has 1 amide bonds. The molecule has 0 aliphatic heterocycles. The molecule has 5 heteroatoms. The van der Waals surface area contributed by atoms with Gasteiger partial charge in [-0.2, -0.15) is 0 Å². The van der Waals surface area contributed by atoms with Crippen LogP contribution in [0, 0.1) is 5.92 Å². The van der Waals surface area contributed by atoms with Crippen molar-refractivity contribution in [2.45, 2.75) is 32.7 Å². The van der Waals surface area contributed by atoms with Crippen LogP contribution in [0.15, 0.2) is 0 Å². The lowest BCUT2D eigenvalue weighted by molar-refractivity contribution is -0.145. The lowest BCUT2D eigenvalue weighted by atomic mass is 10.0. The Balaban J connectivity index is 4.15. The summed E-state index contributed by atoms with van der Waals surface area (Å²) in [7, 11) is 1.29. The fraction of sp³-hybridized carbons (Fsp3) is 0.800. The number of hydrogen-bond acceptors (Lipinski definition) is 4. The summed E-state index contributed by atoms with van der Waals surface area (Å²) in [5.41, 5.74) is 5.47. The van der Waals surface area contributed by atoms with Gasteiger partial charge in [0.15, 0.2) is 0 Å². The molecule has 0 fully saturated rings. The minimum Gasteiger partial charge on any atom is -0.467 e. The van der Waals surface area contributed by atoms with Gasteiger partial charge in [-0.1, -0.05) is 13.3 Å². The van der Waals surface area contributed by atoms with Crippen molar-refractivity contribution in [2.24, 2.45) is 11.7 Å². The molecule has 3 N–H and O–H groups in total. The summed E-state index contributed by atoms with van der Waals surface area (Å²) in [6.07, 6.45) is 1.62. The number of nitrogens with two attached hydrogens (primary N) is 1. The van der Waals surface area contributed by atoms with Gasteiger partial charge in [-0.15, -0.1) is 0 Å². The van der Waals surface area contributed by atoms with E-state index in [1.807, 2.05) is 6.92 Å². The van der Waals surface area contributed by atoms with E-state index in [1.165, 1.54) is 7.11 Å². The van der Waals surface area contributed by atoms with E-state index < -0.39 is 12.0 Å². The number of carbonyl (C=O) groups excluding carboxylic acids is 2. The second-order valence-electron chi connectivity index (χ2n) is 3.47. The van der Waals surface area contributed by atoms with Crippen molar-refractivity contribution >= 4 is 11.9 Å². The average molecular weight is 216 g/mol. The third-order valence-corrected chi connectivity index (χ3v) is 2.21. The van der Waals surface area contributed by atoms with E-state index in [9.17, 15) is 9.59 Å². The fourth-order valence-corrected chi connectivity index (χ4v) is 1.27. The van der Waals surface area contributed by atoms with E-state index in [0.717, 1.165) is 12.8 Å². The van der Waals surface area contributed by atoms with Crippen LogP contribution in [-0.2, 0) is 14.3 Å². The van der Waals surface area contributed by atoms with Gasteiger partial charge in [-0.25, -0.2) is 4.79 Å². The van der Waals surface area contributed by atoms with Crippen LogP contribution in [0.2, 0.25) is 0 Å². The van der Waals surface area contributed by atoms with Gasteiger partial charge in [0.1, 0.15) is 6.04 Å². The molecule has 0 saturated carbocycles. The van der Waals surface area contributed by atoms with Crippen LogP contribution in [0.1, 0.15) is 26.7 Å². The zero-order valence-electron chi connectivity index (χ0n) is 9.58. The molecule has 88 valence electrons. The first-order chi connectivity index (χ1) is 7.06. The monoisotopic (exact) mass is 216 g/mol. The third kappa shape index (κ3) is 4.78. The van der Waals surface area contributed by atoms with Gasteiger partial charge >= 0.3 is 5.97 Å². The molecule has 0 aliphatic rings. The Hall–Kier alpha value is -1.10. The molecular weight excluding hydrogens is 196 g/mol. The number of esters is 1. The zero-order chi connectivity index (χ0) is 11.8. The summed E-state index contributed by atoms with van der Waals surface area (Å²) in [5.74, 6) is -0.852. The van der Waals surface area contributed by atoms with E-state index in [4.69, 9.17) is 5.73 Å². The number of hydrogen-bond donors (Lipinski definition) is 2. The highest BCUT2D eigenvalue weighted by molar-refractivity contribution is 5.85. The fourth-order valence-electron chi connectivity index (χ4n) is 1.27. The van der Waals surface area contributed by atoms with Crippen molar-refractivity contribution in [1.82, 2.24) is 5.32 Å². The van der Waals surface area contributed by atoms with Crippen LogP contribution < -0.4 is 11.1 Å². The molecular formula is C10H20N2O3. The van der Waals surface area contributed by atoms with Gasteiger partial charge in [0.05, 0.1) is 13.0 Å². The van der Waals surface area contributed by atoms with Gasteiger partial charge in [0.25, 0.3) is 0 Å². The predicted octanol–water partition coefficient (Wildman–Crippen LogP) is 0.0391. The van der Waals surface area contributed by atoms with E-state index in [0.29, 0.717) is 6.54 Å². The number of ether oxygens (including phenoxy) is 1. The lowest BCUT2D eigenvalue weighted by Gasteiger charge is -2.17. The van der Waals surface area contributed by atoms with Crippen LogP contribution in [0.3, 0.4) is 0 Å². The normalized spacial score (nSPS) is 14.1. The van der Waals surface area contributed by atoms with Crippen molar-refractivity contribution < 1.29 is 14.3 Å². The maximum absolute atomic E-state index is 11.6. The molecule has 0 aromatic carbocycles. The summed E-state index contributed by atoms with van der Waals surface area (Å²) in [4.78, 5) is 22.6. The maximum atomic E-state index is 11.6. The van der Waals surface area contributed by atoms with Gasteiger partial charge in [-0.05, 0) is 13.3 Å². The van der Waals surface area contributed by atoms with Crippen LogP contribution in [0.5, 0.6) is 0 Å². The number of carbonyl (C=O) groups is 2. The smallest absolute Gasteiger partial charge is 0.328 e. The van der Waals surface area contributed by atoms with Crippen molar-refractivity contribution in [3.63, 3.8) is 0 Å². The summed E-state index contributed by atoms with van der Waals surface area (Å²) in [6.45, 7) is 3.87. The minimum atomic E-state index is -0.617. The van der Waals surface area contributed by atoms with E-state index in [2.05, 4.69) is 10.1 Å². The van der Waals surface area contributed by atoms with E-state index in [-0.39, 0.29) is 11.8 Å². The molecule has 0 aromatic heterocycles. The predicted molar refractivity (Wildman–Crippen MR) is 57.1 cm³/mol. The molecule has 0 radical (unpaired) electrons. The Morgan fingerprint density at radius 2 is 2.07 bits per heavy atom. The van der Waals surface area contributed by atoms with Crippen LogP contribution >= 0.6 is 0 Å². The van der Waals surface area contributed by atoms with E-state index in [1.54, 1.807) is 6.92 Å². The van der Waals surface area contributed by atoms with E-state index >= 15 is 0 Å². The van der Waals surface area contributed by atoms with Gasteiger partial charge < -0.3 is 15.8 Å². The first kappa shape index (κ1) is 13.9. The second kappa shape index (κ2) is 7.23. The molecule has 2 unspecified atom stereocenters. The zero-order valence-corrected chi connectivity index (χ0v) is 9.58. The van der Waals surface area contributed by atoms with Crippen molar-refractivity contribution in [3.05, 3.63) is 0 Å². The Kier molecular flexibility index (Phi) is 6.70. The lowest BCUT2D eigenvalue weighted by Crippen LogP contribution is -2.44. The second-order valence-corrected chi connectivity index (χ2v) is 3.47. The number of methoxy groups -OCH3 is 1.